The quantitative estimate of drug-likeness (QED) is 0.551. The van der Waals surface area contributed by atoms with E-state index >= 15 is 0 Å². The molecule has 6 nitrogen and oxygen atoms in total. The number of hydrogen-bond acceptors (Lipinski definition) is 5. The standard InChI is InChI=1S/C20H15FN4O2/c21-15-8-6-14(7-9-15)19-22-20(27-24-19)17-10-16-12-26-18(11-25(16)23-17)13-4-2-1-3-5-13/h1-10,18H,11-12H2/t18-/m1/s1. The SMILES string of the molecule is Fc1ccc(-c2noc(-c3cc4n(n3)C[C@H](c3ccccc3)OC4)n2)cc1. The Bertz CT molecular complexity index is 1070. The van der Waals surface area contributed by atoms with Gasteiger partial charge in [0.05, 0.1) is 18.8 Å². The lowest BCUT2D eigenvalue weighted by molar-refractivity contribution is -0.00113. The molecule has 0 unspecified atom stereocenters. The molecule has 0 saturated carbocycles. The second-order valence-electron chi connectivity index (χ2n) is 6.34. The summed E-state index contributed by atoms with van der Waals surface area (Å²) in [4.78, 5) is 4.38. The minimum absolute atomic E-state index is 0.0380. The zero-order valence-electron chi connectivity index (χ0n) is 14.2. The van der Waals surface area contributed by atoms with Crippen molar-refractivity contribution in [2.24, 2.45) is 0 Å². The minimum Gasteiger partial charge on any atom is -0.365 e. The molecule has 0 fully saturated rings. The molecular weight excluding hydrogens is 347 g/mol. The van der Waals surface area contributed by atoms with E-state index in [9.17, 15) is 4.39 Å². The van der Waals surface area contributed by atoms with Crippen molar-refractivity contribution in [1.29, 1.82) is 0 Å². The third-order valence-corrected chi connectivity index (χ3v) is 4.55. The minimum atomic E-state index is -0.308. The maximum atomic E-state index is 13.1. The molecule has 1 aliphatic rings. The van der Waals surface area contributed by atoms with Crippen molar-refractivity contribution >= 4 is 0 Å². The number of benzene rings is 2. The summed E-state index contributed by atoms with van der Waals surface area (Å²) < 4.78 is 26.3. The zero-order chi connectivity index (χ0) is 18.2. The van der Waals surface area contributed by atoms with E-state index in [0.29, 0.717) is 36.1 Å². The van der Waals surface area contributed by atoms with Gasteiger partial charge in [-0.25, -0.2) is 4.39 Å². The Morgan fingerprint density at radius 1 is 1.04 bits per heavy atom. The van der Waals surface area contributed by atoms with Crippen molar-refractivity contribution in [1.82, 2.24) is 19.9 Å². The highest BCUT2D eigenvalue weighted by atomic mass is 19.1. The molecule has 27 heavy (non-hydrogen) atoms. The van der Waals surface area contributed by atoms with Gasteiger partial charge in [0.15, 0.2) is 5.69 Å². The highest BCUT2D eigenvalue weighted by Crippen LogP contribution is 2.29. The number of aromatic nitrogens is 4. The lowest BCUT2D eigenvalue weighted by Gasteiger charge is -2.24. The second-order valence-corrected chi connectivity index (χ2v) is 6.34. The Morgan fingerprint density at radius 2 is 1.85 bits per heavy atom. The number of ether oxygens (including phenoxy) is 1. The van der Waals surface area contributed by atoms with E-state index in [0.717, 1.165) is 11.3 Å². The van der Waals surface area contributed by atoms with E-state index in [4.69, 9.17) is 9.26 Å². The molecule has 3 heterocycles. The van der Waals surface area contributed by atoms with Gasteiger partial charge in [0, 0.05) is 5.56 Å². The fourth-order valence-corrected chi connectivity index (χ4v) is 3.14. The Morgan fingerprint density at radius 3 is 2.67 bits per heavy atom. The first-order valence-electron chi connectivity index (χ1n) is 8.59. The Balaban J connectivity index is 1.40. The highest BCUT2D eigenvalue weighted by molar-refractivity contribution is 5.57. The van der Waals surface area contributed by atoms with Crippen molar-refractivity contribution in [3.05, 3.63) is 77.7 Å². The van der Waals surface area contributed by atoms with E-state index in [1.54, 1.807) is 12.1 Å². The third-order valence-electron chi connectivity index (χ3n) is 4.55. The van der Waals surface area contributed by atoms with Crippen LogP contribution < -0.4 is 0 Å². The number of fused-ring (bicyclic) bond motifs is 1. The van der Waals surface area contributed by atoms with Gasteiger partial charge in [0.2, 0.25) is 5.82 Å². The predicted molar refractivity (Wildman–Crippen MR) is 94.9 cm³/mol. The maximum Gasteiger partial charge on any atom is 0.278 e. The molecule has 7 heteroatoms. The summed E-state index contributed by atoms with van der Waals surface area (Å²) in [6, 6.07) is 17.9. The Labute approximate surface area is 154 Å². The van der Waals surface area contributed by atoms with Crippen LogP contribution in [0.1, 0.15) is 17.4 Å². The Hall–Kier alpha value is -3.32. The van der Waals surface area contributed by atoms with Gasteiger partial charge in [-0.05, 0) is 35.9 Å². The lowest BCUT2D eigenvalue weighted by Crippen LogP contribution is -2.21. The van der Waals surface area contributed by atoms with Crippen LogP contribution in [0, 0.1) is 5.82 Å². The summed E-state index contributed by atoms with van der Waals surface area (Å²) >= 11 is 0. The van der Waals surface area contributed by atoms with E-state index in [1.165, 1.54) is 12.1 Å². The third kappa shape index (κ3) is 3.02. The van der Waals surface area contributed by atoms with Gasteiger partial charge in [-0.1, -0.05) is 35.5 Å². The smallest absolute Gasteiger partial charge is 0.278 e. The molecule has 0 N–H and O–H groups in total. The molecule has 0 radical (unpaired) electrons. The van der Waals surface area contributed by atoms with Crippen molar-refractivity contribution < 1.29 is 13.7 Å². The summed E-state index contributed by atoms with van der Waals surface area (Å²) in [6.07, 6.45) is -0.0380. The van der Waals surface area contributed by atoms with Crippen LogP contribution >= 0.6 is 0 Å². The number of halogens is 1. The van der Waals surface area contributed by atoms with Gasteiger partial charge in [-0.2, -0.15) is 10.1 Å². The molecule has 2 aromatic carbocycles. The van der Waals surface area contributed by atoms with E-state index in [2.05, 4.69) is 15.2 Å². The van der Waals surface area contributed by atoms with Crippen LogP contribution in [-0.4, -0.2) is 19.9 Å². The average molecular weight is 362 g/mol. The summed E-state index contributed by atoms with van der Waals surface area (Å²) in [6.45, 7) is 1.09. The first-order chi connectivity index (χ1) is 13.3. The average Bonchev–Trinajstić information content (AvgIpc) is 3.36. The molecule has 0 amide bonds. The summed E-state index contributed by atoms with van der Waals surface area (Å²) in [5.74, 6) is 0.416. The van der Waals surface area contributed by atoms with Crippen molar-refractivity contribution in [2.75, 3.05) is 0 Å². The molecule has 1 aliphatic heterocycles. The van der Waals surface area contributed by atoms with Crippen molar-refractivity contribution in [3.63, 3.8) is 0 Å². The zero-order valence-corrected chi connectivity index (χ0v) is 14.2. The largest absolute Gasteiger partial charge is 0.365 e. The predicted octanol–water partition coefficient (Wildman–Crippen LogP) is 4.01. The van der Waals surface area contributed by atoms with Gasteiger partial charge >= 0.3 is 0 Å². The first-order valence-corrected chi connectivity index (χ1v) is 8.59. The molecule has 2 aromatic heterocycles. The van der Waals surface area contributed by atoms with Crippen LogP contribution in [0.5, 0.6) is 0 Å². The molecular formula is C20H15FN4O2. The van der Waals surface area contributed by atoms with Gasteiger partial charge in [0.1, 0.15) is 11.9 Å². The van der Waals surface area contributed by atoms with Crippen molar-refractivity contribution in [2.45, 2.75) is 19.3 Å². The van der Waals surface area contributed by atoms with E-state index < -0.39 is 0 Å². The molecule has 0 aliphatic carbocycles. The van der Waals surface area contributed by atoms with Crippen LogP contribution in [0.25, 0.3) is 23.0 Å². The highest BCUT2D eigenvalue weighted by Gasteiger charge is 2.24. The first kappa shape index (κ1) is 15.9. The molecule has 5 rings (SSSR count). The lowest BCUT2D eigenvalue weighted by atomic mass is 10.1. The number of hydrogen-bond donors (Lipinski definition) is 0. The molecule has 1 atom stereocenters. The maximum absolute atomic E-state index is 13.1. The molecule has 134 valence electrons. The molecule has 0 spiro atoms. The van der Waals surface area contributed by atoms with Crippen LogP contribution in [0.15, 0.2) is 65.2 Å². The summed E-state index contributed by atoms with van der Waals surface area (Å²) in [5.41, 5.74) is 3.36. The molecule has 0 bridgehead atoms. The van der Waals surface area contributed by atoms with Gasteiger partial charge in [-0.3, -0.25) is 4.68 Å². The topological polar surface area (TPSA) is 66.0 Å². The van der Waals surface area contributed by atoms with Crippen LogP contribution in [0.2, 0.25) is 0 Å². The number of nitrogens with zero attached hydrogens (tertiary/aromatic N) is 4. The normalized spacial score (nSPS) is 16.3. The van der Waals surface area contributed by atoms with Gasteiger partial charge in [0.25, 0.3) is 5.89 Å². The molecule has 4 aromatic rings. The van der Waals surface area contributed by atoms with Crippen LogP contribution in [0.4, 0.5) is 4.39 Å². The summed E-state index contributed by atoms with van der Waals surface area (Å²) in [5, 5.41) is 8.57. The number of rotatable bonds is 3. The fraction of sp³-hybridized carbons (Fsp3) is 0.150. The van der Waals surface area contributed by atoms with Crippen molar-refractivity contribution in [3.8, 4) is 23.0 Å². The van der Waals surface area contributed by atoms with E-state index in [-0.39, 0.29) is 11.9 Å². The van der Waals surface area contributed by atoms with Crippen LogP contribution in [-0.2, 0) is 17.9 Å². The fourth-order valence-electron chi connectivity index (χ4n) is 3.14. The van der Waals surface area contributed by atoms with Gasteiger partial charge in [-0.15, -0.1) is 0 Å². The van der Waals surface area contributed by atoms with Crippen LogP contribution in [0.3, 0.4) is 0 Å². The summed E-state index contributed by atoms with van der Waals surface area (Å²) in [7, 11) is 0. The van der Waals surface area contributed by atoms with Gasteiger partial charge < -0.3 is 9.26 Å². The Kier molecular flexibility index (Phi) is 3.79. The monoisotopic (exact) mass is 362 g/mol. The molecule has 0 saturated heterocycles. The second kappa shape index (κ2) is 6.44. The van der Waals surface area contributed by atoms with E-state index in [1.807, 2.05) is 41.1 Å².